The van der Waals surface area contributed by atoms with E-state index < -0.39 is 29.2 Å². The van der Waals surface area contributed by atoms with Crippen LogP contribution in [0.3, 0.4) is 0 Å². The van der Waals surface area contributed by atoms with Crippen LogP contribution in [0.2, 0.25) is 0 Å². The zero-order chi connectivity index (χ0) is 30.2. The van der Waals surface area contributed by atoms with Crippen molar-refractivity contribution in [2.75, 3.05) is 5.75 Å². The van der Waals surface area contributed by atoms with Crippen molar-refractivity contribution in [2.45, 2.75) is 134 Å². The van der Waals surface area contributed by atoms with Gasteiger partial charge in [0.05, 0.1) is 5.56 Å². The first-order chi connectivity index (χ1) is 18.7. The third kappa shape index (κ3) is 17.9. The highest BCUT2D eigenvalue weighted by molar-refractivity contribution is 7.99. The smallest absolute Gasteiger partial charge is 0.338 e. The van der Waals surface area contributed by atoms with Crippen LogP contribution in [0.25, 0.3) is 0 Å². The molecule has 1 rings (SSSR count). The van der Waals surface area contributed by atoms with Crippen molar-refractivity contribution < 1.29 is 33.8 Å². The summed E-state index contributed by atoms with van der Waals surface area (Å²) in [5, 5.41) is 11.9. The number of hydrogen-bond donors (Lipinski definition) is 2. The minimum Gasteiger partial charge on any atom is -0.480 e. The van der Waals surface area contributed by atoms with Gasteiger partial charge in [0.25, 0.3) is 0 Å². The predicted molar refractivity (Wildman–Crippen MR) is 159 cm³/mol. The first-order valence-corrected chi connectivity index (χ1v) is 15.3. The Kier molecular flexibility index (Phi) is 16.0. The van der Waals surface area contributed by atoms with Crippen LogP contribution < -0.4 is 5.32 Å². The third-order valence-corrected chi connectivity index (χ3v) is 6.84. The number of hydrogen-bond acceptors (Lipinski definition) is 7. The average molecular weight is 580 g/mol. The van der Waals surface area contributed by atoms with Gasteiger partial charge in [0.1, 0.15) is 17.2 Å². The molecule has 226 valence electrons. The van der Waals surface area contributed by atoms with Gasteiger partial charge in [-0.2, -0.15) is 0 Å². The largest absolute Gasteiger partial charge is 0.480 e. The summed E-state index contributed by atoms with van der Waals surface area (Å²) >= 11 is 1.79. The van der Waals surface area contributed by atoms with E-state index in [-0.39, 0.29) is 31.1 Å². The van der Waals surface area contributed by atoms with Crippen LogP contribution in [0.4, 0.5) is 0 Å². The Bertz CT molecular complexity index is 932. The molecular formula is C31H49NO7S. The molecule has 0 saturated carbocycles. The second kappa shape index (κ2) is 18.0. The van der Waals surface area contributed by atoms with E-state index in [4.69, 9.17) is 9.47 Å². The molecule has 9 heteroatoms. The highest BCUT2D eigenvalue weighted by atomic mass is 32.2. The maximum Gasteiger partial charge on any atom is 0.338 e. The fourth-order valence-corrected chi connectivity index (χ4v) is 4.75. The lowest BCUT2D eigenvalue weighted by Crippen LogP contribution is -2.41. The van der Waals surface area contributed by atoms with Crippen molar-refractivity contribution in [2.24, 2.45) is 0 Å². The summed E-state index contributed by atoms with van der Waals surface area (Å²) in [5.41, 5.74) is -0.557. The summed E-state index contributed by atoms with van der Waals surface area (Å²) in [6.07, 6.45) is 8.69. The molecule has 0 aliphatic rings. The number of carboxylic acid groups (broad SMARTS) is 1. The molecule has 0 spiro atoms. The van der Waals surface area contributed by atoms with E-state index in [1.54, 1.807) is 32.5 Å². The molecular weight excluding hydrogens is 530 g/mol. The van der Waals surface area contributed by atoms with Gasteiger partial charge >= 0.3 is 17.9 Å². The van der Waals surface area contributed by atoms with E-state index in [1.165, 1.54) is 12.8 Å². The molecule has 0 bridgehead atoms. The summed E-state index contributed by atoms with van der Waals surface area (Å²) in [6.45, 7) is 10.8. The molecule has 0 unspecified atom stereocenters. The molecule has 0 fully saturated rings. The highest BCUT2D eigenvalue weighted by Crippen LogP contribution is 2.22. The average Bonchev–Trinajstić information content (AvgIpc) is 2.83. The fraction of sp³-hybridized carbons (Fsp3) is 0.677. The first-order valence-electron chi connectivity index (χ1n) is 14.4. The van der Waals surface area contributed by atoms with E-state index >= 15 is 0 Å². The van der Waals surface area contributed by atoms with Gasteiger partial charge in [0.15, 0.2) is 0 Å². The van der Waals surface area contributed by atoms with Crippen molar-refractivity contribution in [3.05, 3.63) is 29.8 Å². The topological polar surface area (TPSA) is 119 Å². The van der Waals surface area contributed by atoms with Gasteiger partial charge < -0.3 is 19.9 Å². The number of aliphatic carboxylic acids is 1. The highest BCUT2D eigenvalue weighted by Gasteiger charge is 2.23. The molecule has 2 N–H and O–H groups in total. The van der Waals surface area contributed by atoms with Crippen molar-refractivity contribution >= 4 is 35.6 Å². The monoisotopic (exact) mass is 579 g/mol. The zero-order valence-electron chi connectivity index (χ0n) is 25.2. The molecule has 0 radical (unpaired) electrons. The van der Waals surface area contributed by atoms with Gasteiger partial charge in [-0.25, -0.2) is 9.59 Å². The minimum atomic E-state index is -1.15. The molecule has 40 heavy (non-hydrogen) atoms. The quantitative estimate of drug-likeness (QED) is 0.109. The Balaban J connectivity index is 2.08. The van der Waals surface area contributed by atoms with Gasteiger partial charge in [0, 0.05) is 17.7 Å². The Morgan fingerprint density at radius 3 is 1.82 bits per heavy atom. The second-order valence-electron chi connectivity index (χ2n) is 12.0. The molecule has 1 aromatic rings. The fourth-order valence-electron chi connectivity index (χ4n) is 3.84. The van der Waals surface area contributed by atoms with E-state index in [2.05, 4.69) is 5.32 Å². The number of carbonyl (C=O) groups is 4. The molecule has 0 aliphatic heterocycles. The molecule has 1 aromatic carbocycles. The van der Waals surface area contributed by atoms with Crippen LogP contribution in [-0.4, -0.2) is 51.9 Å². The number of rotatable bonds is 18. The lowest BCUT2D eigenvalue weighted by atomic mass is 10.1. The molecule has 1 atom stereocenters. The van der Waals surface area contributed by atoms with Gasteiger partial charge in [0.2, 0.25) is 5.91 Å². The maximum atomic E-state index is 12.2. The Hall–Kier alpha value is -2.55. The Morgan fingerprint density at radius 2 is 1.30 bits per heavy atom. The summed E-state index contributed by atoms with van der Waals surface area (Å²) in [5.74, 6) is -1.18. The van der Waals surface area contributed by atoms with Crippen LogP contribution in [0, 0.1) is 0 Å². The van der Waals surface area contributed by atoms with Crippen LogP contribution in [0.15, 0.2) is 29.2 Å². The van der Waals surface area contributed by atoms with Gasteiger partial charge in [-0.05, 0) is 90.8 Å². The number of carboxylic acids is 1. The molecule has 0 aromatic heterocycles. The first kappa shape index (κ1) is 35.5. The molecule has 1 amide bonds. The van der Waals surface area contributed by atoms with Crippen LogP contribution in [0.1, 0.15) is 123 Å². The van der Waals surface area contributed by atoms with Gasteiger partial charge in [-0.3, -0.25) is 9.59 Å². The molecule has 0 heterocycles. The normalized spacial score (nSPS) is 12.4. The number of benzene rings is 1. The van der Waals surface area contributed by atoms with Gasteiger partial charge in [-0.1, -0.05) is 38.5 Å². The van der Waals surface area contributed by atoms with Crippen molar-refractivity contribution in [3.63, 3.8) is 0 Å². The minimum absolute atomic E-state index is 0.00880. The number of carbonyl (C=O) groups excluding carboxylic acids is 3. The summed E-state index contributed by atoms with van der Waals surface area (Å²) in [6, 6.07) is 6.48. The number of amides is 1. The van der Waals surface area contributed by atoms with Crippen molar-refractivity contribution in [1.29, 1.82) is 0 Å². The molecule has 8 nitrogen and oxygen atoms in total. The third-order valence-electron chi connectivity index (χ3n) is 5.75. The summed E-state index contributed by atoms with van der Waals surface area (Å²) in [7, 11) is 0. The second-order valence-corrected chi connectivity index (χ2v) is 13.2. The molecule has 0 aliphatic carbocycles. The maximum absolute atomic E-state index is 12.2. The summed E-state index contributed by atoms with van der Waals surface area (Å²) in [4.78, 5) is 48.7. The van der Waals surface area contributed by atoms with E-state index in [1.807, 2.05) is 45.0 Å². The number of nitrogens with one attached hydrogen (secondary N) is 1. The Morgan fingerprint density at radius 1 is 0.775 bits per heavy atom. The van der Waals surface area contributed by atoms with E-state index in [9.17, 15) is 24.3 Å². The standard InChI is InChI=1S/C31H49NO7S/c1-30(2,3)38-27(34)21-20-25(28(35)36)32-26(33)15-13-11-9-7-8-10-12-14-22-40-24-18-16-23(17-19-24)29(37)39-31(4,5)6/h16-19,25H,7-15,20-22H2,1-6H3,(H,32,33)(H,35,36)/t25-/m0/s1. The number of unbranched alkanes of at least 4 members (excludes halogenated alkanes) is 7. The van der Waals surface area contributed by atoms with Crippen molar-refractivity contribution in [1.82, 2.24) is 5.32 Å². The van der Waals surface area contributed by atoms with Crippen molar-refractivity contribution in [3.8, 4) is 0 Å². The zero-order valence-corrected chi connectivity index (χ0v) is 26.0. The van der Waals surface area contributed by atoms with Crippen LogP contribution in [-0.2, 0) is 23.9 Å². The number of ether oxygens (including phenoxy) is 2. The number of thioether (sulfide) groups is 1. The molecule has 0 saturated heterocycles. The lowest BCUT2D eigenvalue weighted by molar-refractivity contribution is -0.155. The summed E-state index contributed by atoms with van der Waals surface area (Å²) < 4.78 is 10.6. The van der Waals surface area contributed by atoms with E-state index in [0.29, 0.717) is 12.0 Å². The number of esters is 2. The van der Waals surface area contributed by atoms with Crippen LogP contribution in [0.5, 0.6) is 0 Å². The van der Waals surface area contributed by atoms with E-state index in [0.717, 1.165) is 42.8 Å². The predicted octanol–water partition coefficient (Wildman–Crippen LogP) is 6.94. The van der Waals surface area contributed by atoms with Crippen LogP contribution >= 0.6 is 11.8 Å². The lowest BCUT2D eigenvalue weighted by Gasteiger charge is -2.20. The Labute approximate surface area is 244 Å². The SMILES string of the molecule is CC(C)(C)OC(=O)CC[C@H](NC(=O)CCCCCCCCCCSc1ccc(C(=O)OC(C)(C)C)cc1)C(=O)O. The van der Waals surface area contributed by atoms with Gasteiger partial charge in [-0.15, -0.1) is 11.8 Å².